The third kappa shape index (κ3) is 3.42. The Labute approximate surface area is 162 Å². The van der Waals surface area contributed by atoms with Crippen molar-refractivity contribution in [2.24, 2.45) is 5.10 Å². The molecule has 28 heavy (non-hydrogen) atoms. The van der Waals surface area contributed by atoms with Gasteiger partial charge in [0.2, 0.25) is 0 Å². The van der Waals surface area contributed by atoms with Gasteiger partial charge in [0.1, 0.15) is 5.75 Å². The predicted molar refractivity (Wildman–Crippen MR) is 112 cm³/mol. The lowest BCUT2D eigenvalue weighted by molar-refractivity contribution is 0.415. The van der Waals surface area contributed by atoms with Gasteiger partial charge in [-0.25, -0.2) is 4.98 Å². The van der Waals surface area contributed by atoms with Crippen LogP contribution in [0.25, 0.3) is 22.3 Å². The van der Waals surface area contributed by atoms with E-state index in [9.17, 15) is 4.79 Å². The average molecular weight is 369 g/mol. The molecule has 0 aliphatic rings. The predicted octanol–water partition coefficient (Wildman–Crippen LogP) is 4.26. The third-order valence-electron chi connectivity index (χ3n) is 4.50. The molecule has 0 aliphatic carbocycles. The minimum absolute atomic E-state index is 0.209. The van der Waals surface area contributed by atoms with Crippen molar-refractivity contribution in [1.29, 1.82) is 0 Å². The molecular weight excluding hydrogens is 350 g/mol. The fourth-order valence-electron chi connectivity index (χ4n) is 2.93. The molecule has 0 amide bonds. The van der Waals surface area contributed by atoms with Crippen molar-refractivity contribution in [2.45, 2.75) is 6.92 Å². The number of ether oxygens (including phenoxy) is 1. The molecular formula is C23H19N3O2. The maximum Gasteiger partial charge on any atom is 0.282 e. The maximum absolute atomic E-state index is 13.1. The lowest BCUT2D eigenvalue weighted by Crippen LogP contribution is -2.20. The molecule has 5 nitrogen and oxygen atoms in total. The molecule has 0 atom stereocenters. The molecule has 0 N–H and O–H groups in total. The molecule has 0 spiro atoms. The lowest BCUT2D eigenvalue weighted by Gasteiger charge is -2.10. The fraction of sp³-hybridized carbons (Fsp3) is 0.0870. The standard InChI is InChI=1S/C23H19N3O2/c1-16-7-9-17(10-8-16)15-24-26-22(18-11-13-19(28-2)14-12-18)25-21-6-4-3-5-20(21)23(26)27/h3-15H,1-2H3. The van der Waals surface area contributed by atoms with Crippen LogP contribution in [0.4, 0.5) is 0 Å². The molecule has 5 heteroatoms. The van der Waals surface area contributed by atoms with Gasteiger partial charge in [0.05, 0.1) is 24.2 Å². The Morgan fingerprint density at radius 3 is 2.39 bits per heavy atom. The zero-order valence-electron chi connectivity index (χ0n) is 15.7. The molecule has 4 aromatic rings. The summed E-state index contributed by atoms with van der Waals surface area (Å²) in [6, 6.07) is 22.6. The summed E-state index contributed by atoms with van der Waals surface area (Å²) in [6.45, 7) is 2.03. The van der Waals surface area contributed by atoms with Crippen LogP contribution in [-0.4, -0.2) is 23.0 Å². The topological polar surface area (TPSA) is 56.5 Å². The summed E-state index contributed by atoms with van der Waals surface area (Å²) in [6.07, 6.45) is 1.67. The van der Waals surface area contributed by atoms with Crippen LogP contribution < -0.4 is 10.3 Å². The number of nitrogens with zero attached hydrogens (tertiary/aromatic N) is 3. The van der Waals surface area contributed by atoms with Gasteiger partial charge in [-0.1, -0.05) is 42.0 Å². The molecule has 0 radical (unpaired) electrons. The number of methoxy groups -OCH3 is 1. The number of benzene rings is 3. The molecule has 0 aliphatic heterocycles. The molecule has 4 rings (SSSR count). The van der Waals surface area contributed by atoms with Gasteiger partial charge < -0.3 is 4.74 Å². The van der Waals surface area contributed by atoms with E-state index in [4.69, 9.17) is 9.72 Å². The highest BCUT2D eigenvalue weighted by atomic mass is 16.5. The normalized spacial score (nSPS) is 11.2. The van der Waals surface area contributed by atoms with Crippen LogP contribution in [0.5, 0.6) is 5.75 Å². The Morgan fingerprint density at radius 1 is 0.964 bits per heavy atom. The first-order chi connectivity index (χ1) is 13.7. The van der Waals surface area contributed by atoms with Gasteiger partial charge in [0.25, 0.3) is 5.56 Å². The SMILES string of the molecule is COc1ccc(-c2nc3ccccc3c(=O)n2N=Cc2ccc(C)cc2)cc1. The van der Waals surface area contributed by atoms with Gasteiger partial charge in [-0.3, -0.25) is 4.79 Å². The zero-order valence-corrected chi connectivity index (χ0v) is 15.7. The van der Waals surface area contributed by atoms with Crippen molar-refractivity contribution >= 4 is 17.1 Å². The Kier molecular flexibility index (Phi) is 4.72. The number of hydrogen-bond acceptors (Lipinski definition) is 4. The number of hydrogen-bond donors (Lipinski definition) is 0. The number of rotatable bonds is 4. The summed E-state index contributed by atoms with van der Waals surface area (Å²) in [5, 5.41) is 4.99. The van der Waals surface area contributed by atoms with Crippen LogP contribution in [0.3, 0.4) is 0 Å². The maximum atomic E-state index is 13.1. The minimum Gasteiger partial charge on any atom is -0.497 e. The first kappa shape index (κ1) is 17.7. The number of aryl methyl sites for hydroxylation is 1. The van der Waals surface area contributed by atoms with Gasteiger partial charge >= 0.3 is 0 Å². The van der Waals surface area contributed by atoms with Gasteiger partial charge in [-0.15, -0.1) is 0 Å². The Morgan fingerprint density at radius 2 is 1.68 bits per heavy atom. The van der Waals surface area contributed by atoms with Crippen molar-refractivity contribution < 1.29 is 4.74 Å². The molecule has 3 aromatic carbocycles. The molecule has 0 unspecified atom stereocenters. The van der Waals surface area contributed by atoms with Crippen LogP contribution in [-0.2, 0) is 0 Å². The van der Waals surface area contributed by atoms with Crippen LogP contribution >= 0.6 is 0 Å². The summed E-state index contributed by atoms with van der Waals surface area (Å²) in [5.41, 5.74) is 3.29. The molecule has 0 saturated heterocycles. The monoisotopic (exact) mass is 369 g/mol. The minimum atomic E-state index is -0.209. The summed E-state index contributed by atoms with van der Waals surface area (Å²) in [4.78, 5) is 17.8. The molecule has 0 fully saturated rings. The molecule has 0 bridgehead atoms. The summed E-state index contributed by atoms with van der Waals surface area (Å²) in [5.74, 6) is 1.22. The van der Waals surface area contributed by atoms with E-state index in [-0.39, 0.29) is 5.56 Å². The van der Waals surface area contributed by atoms with Crippen LogP contribution in [0, 0.1) is 6.92 Å². The highest BCUT2D eigenvalue weighted by Crippen LogP contribution is 2.22. The van der Waals surface area contributed by atoms with Gasteiger partial charge in [-0.05, 0) is 48.9 Å². The van der Waals surface area contributed by atoms with Gasteiger partial charge in [0.15, 0.2) is 5.82 Å². The molecule has 1 heterocycles. The molecule has 1 aromatic heterocycles. The van der Waals surface area contributed by atoms with Crippen LogP contribution in [0.1, 0.15) is 11.1 Å². The number of fused-ring (bicyclic) bond motifs is 1. The summed E-state index contributed by atoms with van der Waals surface area (Å²) >= 11 is 0. The highest BCUT2D eigenvalue weighted by molar-refractivity contribution is 5.82. The number of para-hydroxylation sites is 1. The Balaban J connectivity index is 1.90. The quantitative estimate of drug-likeness (QED) is 0.505. The van der Waals surface area contributed by atoms with Crippen LogP contribution in [0.15, 0.2) is 82.7 Å². The smallest absolute Gasteiger partial charge is 0.282 e. The Hall–Kier alpha value is -3.73. The first-order valence-electron chi connectivity index (χ1n) is 8.93. The third-order valence-corrected chi connectivity index (χ3v) is 4.50. The van der Waals surface area contributed by atoms with E-state index in [0.717, 1.165) is 16.9 Å². The van der Waals surface area contributed by atoms with Crippen molar-refractivity contribution in [1.82, 2.24) is 9.66 Å². The van der Waals surface area contributed by atoms with E-state index in [0.29, 0.717) is 16.7 Å². The second-order valence-electron chi connectivity index (χ2n) is 6.45. The van der Waals surface area contributed by atoms with E-state index in [1.807, 2.05) is 73.7 Å². The van der Waals surface area contributed by atoms with Gasteiger partial charge in [0, 0.05) is 5.56 Å². The van der Waals surface area contributed by atoms with Gasteiger partial charge in [-0.2, -0.15) is 9.78 Å². The van der Waals surface area contributed by atoms with Crippen molar-refractivity contribution in [3.05, 3.63) is 94.3 Å². The molecule has 138 valence electrons. The second kappa shape index (κ2) is 7.48. The largest absolute Gasteiger partial charge is 0.497 e. The zero-order chi connectivity index (χ0) is 19.5. The molecule has 0 saturated carbocycles. The van der Waals surface area contributed by atoms with E-state index >= 15 is 0 Å². The van der Waals surface area contributed by atoms with E-state index in [2.05, 4.69) is 5.10 Å². The lowest BCUT2D eigenvalue weighted by atomic mass is 10.2. The highest BCUT2D eigenvalue weighted by Gasteiger charge is 2.12. The second-order valence-corrected chi connectivity index (χ2v) is 6.45. The van der Waals surface area contributed by atoms with E-state index in [1.54, 1.807) is 19.4 Å². The first-order valence-corrected chi connectivity index (χ1v) is 8.93. The van der Waals surface area contributed by atoms with Crippen LogP contribution in [0.2, 0.25) is 0 Å². The van der Waals surface area contributed by atoms with Crippen molar-refractivity contribution in [3.8, 4) is 17.1 Å². The summed E-state index contributed by atoms with van der Waals surface area (Å²) in [7, 11) is 1.62. The number of aromatic nitrogens is 2. The summed E-state index contributed by atoms with van der Waals surface area (Å²) < 4.78 is 6.58. The fourth-order valence-corrected chi connectivity index (χ4v) is 2.93. The van der Waals surface area contributed by atoms with E-state index < -0.39 is 0 Å². The Bertz CT molecular complexity index is 1210. The van der Waals surface area contributed by atoms with E-state index in [1.165, 1.54) is 10.2 Å². The average Bonchev–Trinajstić information content (AvgIpc) is 2.74. The van der Waals surface area contributed by atoms with Crippen molar-refractivity contribution in [2.75, 3.05) is 7.11 Å². The van der Waals surface area contributed by atoms with Crippen molar-refractivity contribution in [3.63, 3.8) is 0 Å².